The van der Waals surface area contributed by atoms with Gasteiger partial charge in [-0.1, -0.05) is 0 Å². The number of aromatic nitrogens is 3. The van der Waals surface area contributed by atoms with Gasteiger partial charge in [-0.2, -0.15) is 0 Å². The number of hydrogen-bond donors (Lipinski definition) is 0. The van der Waals surface area contributed by atoms with Crippen molar-refractivity contribution < 1.29 is 0 Å². The molecule has 0 aliphatic carbocycles. The summed E-state index contributed by atoms with van der Waals surface area (Å²) < 4.78 is 5.90. The average Bonchev–Trinajstić information content (AvgIpc) is 3.66. The Morgan fingerprint density at radius 1 is 0.341 bits per heavy atom. The third-order valence-electron chi connectivity index (χ3n) is 8.17. The van der Waals surface area contributed by atoms with Gasteiger partial charge >= 0.3 is 276 Å². The molecule has 0 aliphatic rings. The van der Waals surface area contributed by atoms with E-state index in [2.05, 4.69) is 140 Å². The van der Waals surface area contributed by atoms with E-state index in [1.807, 2.05) is 0 Å². The summed E-state index contributed by atoms with van der Waals surface area (Å²) in [7, 11) is 0. The topological polar surface area (TPSA) is 38.7 Å². The monoisotopic (exact) mass is 793 g/mol. The van der Waals surface area contributed by atoms with Crippen molar-refractivity contribution in [2.24, 2.45) is 0 Å². The van der Waals surface area contributed by atoms with Crippen LogP contribution in [0.1, 0.15) is 0 Å². The molecule has 0 spiro atoms. The quantitative estimate of drug-likeness (QED) is 0.167. The fourth-order valence-electron chi connectivity index (χ4n) is 6.12. The zero-order chi connectivity index (χ0) is 29.0. The van der Waals surface area contributed by atoms with Gasteiger partial charge in [-0.3, -0.25) is 0 Å². The Labute approximate surface area is 273 Å². The van der Waals surface area contributed by atoms with Crippen LogP contribution in [0.25, 0.3) is 80.4 Å². The van der Waals surface area contributed by atoms with Gasteiger partial charge < -0.3 is 0 Å². The van der Waals surface area contributed by atoms with Crippen LogP contribution in [0, 0.1) is 0 Å². The Kier molecular flexibility index (Phi) is 6.47. The summed E-state index contributed by atoms with van der Waals surface area (Å²) in [6.07, 6.45) is 0. The van der Waals surface area contributed by atoms with Crippen molar-refractivity contribution in [2.45, 2.75) is 0 Å². The number of hydrogen-bond acceptors (Lipinski definition) is 3. The van der Waals surface area contributed by atoms with E-state index in [0.29, 0.717) is 11.6 Å². The van der Waals surface area contributed by atoms with E-state index < -0.39 is 20.4 Å². The van der Waals surface area contributed by atoms with Crippen molar-refractivity contribution in [3.63, 3.8) is 0 Å². The predicted octanol–water partition coefficient (Wildman–Crippen LogP) is 9.27. The first-order valence-corrected chi connectivity index (χ1v) is 19.2. The van der Waals surface area contributed by atoms with Crippen LogP contribution < -0.4 is 0 Å². The van der Waals surface area contributed by atoms with E-state index in [9.17, 15) is 0 Å². The van der Waals surface area contributed by atoms with Crippen molar-refractivity contribution in [1.29, 1.82) is 0 Å². The second-order valence-electron chi connectivity index (χ2n) is 10.8. The Morgan fingerprint density at radius 3 is 1.75 bits per heavy atom. The van der Waals surface area contributed by atoms with Crippen LogP contribution in [0.5, 0.6) is 0 Å². The van der Waals surface area contributed by atoms with Gasteiger partial charge in [0.25, 0.3) is 0 Å². The van der Waals surface area contributed by atoms with Gasteiger partial charge in [-0.25, -0.2) is 0 Å². The molecule has 0 atom stereocenters. The Hall–Kier alpha value is -4.09. The molecule has 0 bridgehead atoms. The molecule has 0 unspecified atom stereocenters. The summed E-state index contributed by atoms with van der Waals surface area (Å²) in [4.78, 5) is 15.7. The van der Waals surface area contributed by atoms with Crippen LogP contribution in [0.2, 0.25) is 0 Å². The zero-order valence-electron chi connectivity index (χ0n) is 23.4. The first-order chi connectivity index (χ1) is 21.8. The van der Waals surface area contributed by atoms with Crippen molar-refractivity contribution >= 4 is 76.0 Å². The molecule has 3 nitrogen and oxygen atoms in total. The molecule has 9 aromatic rings. The third kappa shape index (κ3) is 4.44. The van der Waals surface area contributed by atoms with Crippen molar-refractivity contribution in [3.05, 3.63) is 140 Å². The van der Waals surface area contributed by atoms with Gasteiger partial charge in [0, 0.05) is 0 Å². The molecule has 44 heavy (non-hydrogen) atoms. The minimum atomic E-state index is -0.456. The fraction of sp³-hybridized carbons (Fsp3) is 0. The molecular weight excluding hydrogens is 766 g/mol. The summed E-state index contributed by atoms with van der Waals surface area (Å²) in [5, 5.41) is 5.30. The predicted molar refractivity (Wildman–Crippen MR) is 185 cm³/mol. The molecular formula is C39H23N3Te2. The maximum atomic E-state index is 5.24. The molecule has 0 saturated heterocycles. The summed E-state index contributed by atoms with van der Waals surface area (Å²) in [5.41, 5.74) is 5.37. The third-order valence-corrected chi connectivity index (χ3v) is 14.7. The molecule has 0 N–H and O–H groups in total. The molecule has 3 aromatic heterocycles. The zero-order valence-corrected chi connectivity index (χ0v) is 28.1. The van der Waals surface area contributed by atoms with Crippen LogP contribution in [-0.4, -0.2) is 55.8 Å². The van der Waals surface area contributed by atoms with E-state index >= 15 is 0 Å². The summed E-state index contributed by atoms with van der Waals surface area (Å²) in [5.74, 6) is 2.13. The van der Waals surface area contributed by atoms with Gasteiger partial charge in [0.15, 0.2) is 0 Å². The Morgan fingerprint density at radius 2 is 0.909 bits per heavy atom. The van der Waals surface area contributed by atoms with Crippen LogP contribution in [0.4, 0.5) is 0 Å². The molecule has 0 aliphatic heterocycles. The maximum absolute atomic E-state index is 5.24. The second-order valence-corrected chi connectivity index (χ2v) is 17.0. The van der Waals surface area contributed by atoms with Gasteiger partial charge in [-0.15, -0.1) is 0 Å². The van der Waals surface area contributed by atoms with Crippen LogP contribution >= 0.6 is 0 Å². The molecule has 0 amide bonds. The summed E-state index contributed by atoms with van der Waals surface area (Å²) in [6.45, 7) is 0. The number of fused-ring (bicyclic) bond motifs is 6. The van der Waals surface area contributed by atoms with Crippen molar-refractivity contribution in [3.8, 4) is 45.3 Å². The van der Waals surface area contributed by atoms with Gasteiger partial charge in [0.1, 0.15) is 0 Å². The van der Waals surface area contributed by atoms with Gasteiger partial charge in [-0.05, 0) is 0 Å². The molecule has 3 heterocycles. The number of rotatable bonds is 4. The molecule has 0 saturated carbocycles. The number of benzene rings is 6. The SMILES string of the molecule is c1ccc(-c2ccccc2-c2nc(-c3ccc4[te]c5ccccc5c4c3)nc(-c3cccc4[te]c5ccccc5c34)n2)cc1. The molecule has 0 fully saturated rings. The summed E-state index contributed by atoms with van der Waals surface area (Å²) in [6, 6.07) is 50.1. The van der Waals surface area contributed by atoms with E-state index in [-0.39, 0.29) is 20.4 Å². The standard InChI is InChI=1S/C39H23N3Te2/c1-2-11-24(12-3-1)26-13-4-5-15-28(26)38-40-37(25-21-22-34-31(23-25)27-14-6-8-18-32(27)43-34)41-39(42-38)30-17-10-20-35-36(30)29-16-7-9-19-33(29)44-35/h1-23H. The van der Waals surface area contributed by atoms with Crippen molar-refractivity contribution in [1.82, 2.24) is 15.0 Å². The molecule has 5 heteroatoms. The molecule has 6 aromatic carbocycles. The van der Waals surface area contributed by atoms with E-state index in [4.69, 9.17) is 15.0 Å². The first-order valence-electron chi connectivity index (χ1n) is 14.5. The van der Waals surface area contributed by atoms with E-state index in [1.54, 1.807) is 0 Å². The van der Waals surface area contributed by atoms with Crippen LogP contribution in [0.15, 0.2) is 140 Å². The van der Waals surface area contributed by atoms with Gasteiger partial charge in [0.05, 0.1) is 0 Å². The first kappa shape index (κ1) is 26.3. The summed E-state index contributed by atoms with van der Waals surface area (Å²) >= 11 is -0.838. The van der Waals surface area contributed by atoms with Gasteiger partial charge in [0.2, 0.25) is 0 Å². The second kappa shape index (κ2) is 10.8. The molecule has 0 radical (unpaired) electrons. The molecule has 206 valence electrons. The Bertz CT molecular complexity index is 2510. The fourth-order valence-corrected chi connectivity index (χ4v) is 12.5. The van der Waals surface area contributed by atoms with E-state index in [1.165, 1.54) is 35.2 Å². The average molecular weight is 789 g/mol. The molecule has 9 rings (SSSR count). The Balaban J connectivity index is 1.33. The van der Waals surface area contributed by atoms with Crippen LogP contribution in [0.3, 0.4) is 0 Å². The number of nitrogens with zero attached hydrogens (tertiary/aromatic N) is 3. The van der Waals surface area contributed by atoms with Crippen LogP contribution in [-0.2, 0) is 0 Å². The normalized spacial score (nSPS) is 11.6. The minimum absolute atomic E-state index is 0.382. The van der Waals surface area contributed by atoms with Crippen molar-refractivity contribution in [2.75, 3.05) is 0 Å². The van der Waals surface area contributed by atoms with E-state index in [0.717, 1.165) is 33.6 Å².